The Bertz CT molecular complexity index is 335. The third-order valence-electron chi connectivity index (χ3n) is 3.17. The number of halogens is 1. The van der Waals surface area contributed by atoms with Crippen LogP contribution in [-0.4, -0.2) is 33.1 Å². The molecule has 1 atom stereocenters. The van der Waals surface area contributed by atoms with Crippen molar-refractivity contribution in [2.45, 2.75) is 32.9 Å². The molecule has 0 N–H and O–H groups in total. The number of aromatic nitrogens is 2. The summed E-state index contributed by atoms with van der Waals surface area (Å²) in [6.07, 6.45) is 3.40. The van der Waals surface area contributed by atoms with Crippen molar-refractivity contribution in [1.29, 1.82) is 0 Å². The number of likely N-dealkylation sites (tertiary alicyclic amines) is 1. The van der Waals surface area contributed by atoms with Gasteiger partial charge in [-0.05, 0) is 38.8 Å². The van der Waals surface area contributed by atoms with Crippen molar-refractivity contribution in [3.8, 4) is 0 Å². The van der Waals surface area contributed by atoms with E-state index < -0.39 is 0 Å². The zero-order chi connectivity index (χ0) is 11.5. The first-order chi connectivity index (χ1) is 7.69. The van der Waals surface area contributed by atoms with E-state index in [2.05, 4.69) is 52.0 Å². The largest absolute Gasteiger partial charge is 0.297 e. The van der Waals surface area contributed by atoms with Crippen LogP contribution in [0.5, 0.6) is 0 Å². The van der Waals surface area contributed by atoms with Gasteiger partial charge < -0.3 is 0 Å². The van der Waals surface area contributed by atoms with Crippen molar-refractivity contribution in [2.75, 3.05) is 18.4 Å². The van der Waals surface area contributed by atoms with Gasteiger partial charge >= 0.3 is 0 Å². The second-order valence-electron chi connectivity index (χ2n) is 4.92. The summed E-state index contributed by atoms with van der Waals surface area (Å²) in [7, 11) is 0. The number of alkyl halides is 1. The van der Waals surface area contributed by atoms with E-state index in [0.717, 1.165) is 17.8 Å². The molecule has 1 aliphatic heterocycles. The van der Waals surface area contributed by atoms with Crippen molar-refractivity contribution in [3.05, 3.63) is 18.0 Å². The molecule has 0 aromatic carbocycles. The van der Waals surface area contributed by atoms with Crippen LogP contribution < -0.4 is 0 Å². The third kappa shape index (κ3) is 2.86. The van der Waals surface area contributed by atoms with Crippen molar-refractivity contribution >= 4 is 15.9 Å². The first-order valence-corrected chi connectivity index (χ1v) is 7.13. The minimum atomic E-state index is 0.461. The molecule has 2 rings (SSSR count). The summed E-state index contributed by atoms with van der Waals surface area (Å²) in [5, 5.41) is 5.72. The van der Waals surface area contributed by atoms with Crippen LogP contribution in [0.15, 0.2) is 12.3 Å². The van der Waals surface area contributed by atoms with Crippen LogP contribution in [0.2, 0.25) is 0 Å². The molecule has 1 aromatic heterocycles. The van der Waals surface area contributed by atoms with Crippen molar-refractivity contribution < 1.29 is 0 Å². The van der Waals surface area contributed by atoms with Crippen molar-refractivity contribution in [1.82, 2.24) is 14.7 Å². The summed E-state index contributed by atoms with van der Waals surface area (Å²) in [6.45, 7) is 7.74. The van der Waals surface area contributed by atoms with E-state index in [1.165, 1.54) is 25.2 Å². The van der Waals surface area contributed by atoms with Crippen molar-refractivity contribution in [2.24, 2.45) is 5.92 Å². The van der Waals surface area contributed by atoms with Gasteiger partial charge in [-0.3, -0.25) is 9.58 Å². The summed E-state index contributed by atoms with van der Waals surface area (Å²) in [5.41, 5.74) is 1.20. The highest BCUT2D eigenvalue weighted by molar-refractivity contribution is 9.09. The first-order valence-electron chi connectivity index (χ1n) is 6.01. The van der Waals surface area contributed by atoms with Crippen LogP contribution in [0, 0.1) is 5.92 Å². The van der Waals surface area contributed by atoms with Gasteiger partial charge in [0.25, 0.3) is 0 Å². The zero-order valence-corrected chi connectivity index (χ0v) is 11.7. The fraction of sp³-hybridized carbons (Fsp3) is 0.750. The fourth-order valence-corrected chi connectivity index (χ4v) is 2.69. The maximum Gasteiger partial charge on any atom is 0.0764 e. The van der Waals surface area contributed by atoms with E-state index in [1.807, 2.05) is 4.68 Å². The van der Waals surface area contributed by atoms with E-state index in [0.29, 0.717) is 6.04 Å². The molecular formula is C12H20BrN3. The highest BCUT2D eigenvalue weighted by Gasteiger charge is 2.21. The van der Waals surface area contributed by atoms with Crippen LogP contribution >= 0.6 is 15.9 Å². The smallest absolute Gasteiger partial charge is 0.0764 e. The molecule has 1 aromatic rings. The van der Waals surface area contributed by atoms with Gasteiger partial charge in [-0.1, -0.05) is 15.9 Å². The lowest BCUT2D eigenvalue weighted by atomic mass is 10.2. The van der Waals surface area contributed by atoms with Gasteiger partial charge in [-0.15, -0.1) is 0 Å². The number of nitrogens with zero attached hydrogens (tertiary/aromatic N) is 3. The Labute approximate surface area is 106 Å². The Kier molecular flexibility index (Phi) is 4.03. The van der Waals surface area contributed by atoms with Gasteiger partial charge in [-0.25, -0.2) is 0 Å². The number of hydrogen-bond acceptors (Lipinski definition) is 2. The molecule has 0 radical (unpaired) electrons. The second kappa shape index (κ2) is 5.32. The Balaban J connectivity index is 1.89. The van der Waals surface area contributed by atoms with E-state index >= 15 is 0 Å². The van der Waals surface area contributed by atoms with Crippen LogP contribution in [0.3, 0.4) is 0 Å². The van der Waals surface area contributed by atoms with Crippen LogP contribution in [0.4, 0.5) is 0 Å². The quantitative estimate of drug-likeness (QED) is 0.793. The van der Waals surface area contributed by atoms with Gasteiger partial charge in [0.2, 0.25) is 0 Å². The second-order valence-corrected chi connectivity index (χ2v) is 5.57. The van der Waals surface area contributed by atoms with E-state index in [-0.39, 0.29) is 0 Å². The average molecular weight is 286 g/mol. The zero-order valence-electron chi connectivity index (χ0n) is 10.1. The summed E-state index contributed by atoms with van der Waals surface area (Å²) < 4.78 is 2.04. The molecule has 2 heterocycles. The molecule has 0 amide bonds. The maximum absolute atomic E-state index is 4.59. The van der Waals surface area contributed by atoms with Gasteiger partial charge in [-0.2, -0.15) is 5.10 Å². The molecule has 16 heavy (non-hydrogen) atoms. The monoisotopic (exact) mass is 285 g/mol. The molecule has 1 fully saturated rings. The molecule has 3 nitrogen and oxygen atoms in total. The third-order valence-corrected chi connectivity index (χ3v) is 4.08. The molecule has 1 unspecified atom stereocenters. The standard InChI is InChI=1S/C12H20BrN3/c1-10(2)16-6-4-12(14-16)9-15-5-3-11(7-13)8-15/h4,6,10-11H,3,5,7-9H2,1-2H3. The minimum Gasteiger partial charge on any atom is -0.297 e. The molecular weight excluding hydrogens is 266 g/mol. The molecule has 1 aliphatic rings. The van der Waals surface area contributed by atoms with Crippen molar-refractivity contribution in [3.63, 3.8) is 0 Å². The molecule has 0 bridgehead atoms. The van der Waals surface area contributed by atoms with E-state index in [9.17, 15) is 0 Å². The maximum atomic E-state index is 4.59. The molecule has 0 spiro atoms. The van der Waals surface area contributed by atoms with Gasteiger partial charge in [0.1, 0.15) is 0 Å². The fourth-order valence-electron chi connectivity index (χ4n) is 2.16. The van der Waals surface area contributed by atoms with Crippen LogP contribution in [-0.2, 0) is 6.54 Å². The molecule has 90 valence electrons. The van der Waals surface area contributed by atoms with Crippen LogP contribution in [0.1, 0.15) is 32.0 Å². The molecule has 1 saturated heterocycles. The number of hydrogen-bond donors (Lipinski definition) is 0. The molecule has 4 heteroatoms. The Morgan fingerprint density at radius 1 is 1.56 bits per heavy atom. The topological polar surface area (TPSA) is 21.1 Å². The normalized spacial score (nSPS) is 22.1. The number of rotatable bonds is 4. The molecule has 0 saturated carbocycles. The van der Waals surface area contributed by atoms with E-state index in [4.69, 9.17) is 0 Å². The van der Waals surface area contributed by atoms with Gasteiger partial charge in [0, 0.05) is 30.7 Å². The predicted molar refractivity (Wildman–Crippen MR) is 69.8 cm³/mol. The summed E-state index contributed by atoms with van der Waals surface area (Å²) in [6, 6.07) is 2.60. The van der Waals surface area contributed by atoms with Crippen LogP contribution in [0.25, 0.3) is 0 Å². The highest BCUT2D eigenvalue weighted by Crippen LogP contribution is 2.19. The minimum absolute atomic E-state index is 0.461. The lowest BCUT2D eigenvalue weighted by Crippen LogP contribution is -2.21. The predicted octanol–water partition coefficient (Wildman–Crippen LogP) is 2.68. The summed E-state index contributed by atoms with van der Waals surface area (Å²) in [4.78, 5) is 2.50. The summed E-state index contributed by atoms with van der Waals surface area (Å²) >= 11 is 3.57. The van der Waals surface area contributed by atoms with Gasteiger partial charge in [0.15, 0.2) is 0 Å². The van der Waals surface area contributed by atoms with Gasteiger partial charge in [0.05, 0.1) is 5.69 Å². The lowest BCUT2D eigenvalue weighted by molar-refractivity contribution is 0.315. The Morgan fingerprint density at radius 3 is 2.94 bits per heavy atom. The van der Waals surface area contributed by atoms with E-state index in [1.54, 1.807) is 0 Å². The first kappa shape index (κ1) is 12.1. The Hall–Kier alpha value is -0.350. The average Bonchev–Trinajstić information content (AvgIpc) is 2.87. The highest BCUT2D eigenvalue weighted by atomic mass is 79.9. The molecule has 0 aliphatic carbocycles. The Morgan fingerprint density at radius 2 is 2.38 bits per heavy atom. The lowest BCUT2D eigenvalue weighted by Gasteiger charge is -2.13. The SMILES string of the molecule is CC(C)n1ccc(CN2CCC(CBr)C2)n1. The summed E-state index contributed by atoms with van der Waals surface area (Å²) in [5.74, 6) is 0.826.